The second kappa shape index (κ2) is 2.76. The molecule has 2 heteroatoms. The SMILES string of the molecule is CCC1C(N)CC2CCC1N2. The number of piperidine rings is 1. The molecule has 4 atom stereocenters. The van der Waals surface area contributed by atoms with Crippen LogP contribution in [0.4, 0.5) is 0 Å². The molecule has 4 unspecified atom stereocenters. The summed E-state index contributed by atoms with van der Waals surface area (Å²) < 4.78 is 0. The molecule has 3 N–H and O–H groups in total. The van der Waals surface area contributed by atoms with Crippen LogP contribution >= 0.6 is 0 Å². The molecule has 11 heavy (non-hydrogen) atoms. The van der Waals surface area contributed by atoms with Crippen molar-refractivity contribution in [1.82, 2.24) is 5.32 Å². The van der Waals surface area contributed by atoms with Crippen molar-refractivity contribution in [2.45, 2.75) is 50.7 Å². The lowest BCUT2D eigenvalue weighted by Crippen LogP contribution is -2.51. The van der Waals surface area contributed by atoms with Gasteiger partial charge in [0, 0.05) is 18.1 Å². The summed E-state index contributed by atoms with van der Waals surface area (Å²) in [5.74, 6) is 0.744. The zero-order valence-electron chi connectivity index (χ0n) is 7.22. The number of nitrogens with two attached hydrogens (primary N) is 1. The number of hydrogen-bond donors (Lipinski definition) is 2. The highest BCUT2D eigenvalue weighted by Gasteiger charge is 2.38. The molecule has 2 aliphatic rings. The Bertz CT molecular complexity index is 146. The van der Waals surface area contributed by atoms with E-state index in [4.69, 9.17) is 5.73 Å². The Morgan fingerprint density at radius 3 is 3.00 bits per heavy atom. The van der Waals surface area contributed by atoms with Crippen LogP contribution in [0.15, 0.2) is 0 Å². The maximum atomic E-state index is 6.07. The average molecular weight is 154 g/mol. The Hall–Kier alpha value is -0.0800. The van der Waals surface area contributed by atoms with Crippen molar-refractivity contribution < 1.29 is 0 Å². The molecule has 0 amide bonds. The molecule has 2 heterocycles. The van der Waals surface area contributed by atoms with Gasteiger partial charge in [-0.15, -0.1) is 0 Å². The van der Waals surface area contributed by atoms with Crippen molar-refractivity contribution >= 4 is 0 Å². The molecule has 2 fully saturated rings. The van der Waals surface area contributed by atoms with Gasteiger partial charge in [-0.2, -0.15) is 0 Å². The molecule has 0 spiro atoms. The molecule has 0 aromatic heterocycles. The first-order chi connectivity index (χ1) is 5.31. The minimum atomic E-state index is 0.471. The number of rotatable bonds is 1. The van der Waals surface area contributed by atoms with E-state index in [1.165, 1.54) is 25.7 Å². The van der Waals surface area contributed by atoms with Crippen LogP contribution in [0.3, 0.4) is 0 Å². The molecule has 2 nitrogen and oxygen atoms in total. The van der Waals surface area contributed by atoms with Gasteiger partial charge < -0.3 is 11.1 Å². The van der Waals surface area contributed by atoms with E-state index in [9.17, 15) is 0 Å². The van der Waals surface area contributed by atoms with Gasteiger partial charge in [0.15, 0.2) is 0 Å². The molecule has 0 saturated carbocycles. The third-order valence-corrected chi connectivity index (χ3v) is 3.37. The lowest BCUT2D eigenvalue weighted by Gasteiger charge is -2.34. The first-order valence-corrected chi connectivity index (χ1v) is 4.83. The fraction of sp³-hybridized carbons (Fsp3) is 1.00. The van der Waals surface area contributed by atoms with Crippen LogP contribution in [0.25, 0.3) is 0 Å². The molecule has 0 radical (unpaired) electrons. The number of fused-ring (bicyclic) bond motifs is 2. The van der Waals surface area contributed by atoms with Crippen molar-refractivity contribution in [2.75, 3.05) is 0 Å². The highest BCUT2D eigenvalue weighted by Crippen LogP contribution is 2.32. The lowest BCUT2D eigenvalue weighted by molar-refractivity contribution is 0.245. The average Bonchev–Trinajstić information content (AvgIpc) is 2.34. The smallest absolute Gasteiger partial charge is 0.0113 e. The van der Waals surface area contributed by atoms with Gasteiger partial charge in [-0.25, -0.2) is 0 Å². The summed E-state index contributed by atoms with van der Waals surface area (Å²) >= 11 is 0. The van der Waals surface area contributed by atoms with E-state index in [0.29, 0.717) is 6.04 Å². The zero-order chi connectivity index (χ0) is 7.84. The van der Waals surface area contributed by atoms with Crippen LogP contribution in [-0.2, 0) is 0 Å². The molecular formula is C9H18N2. The second-order valence-electron chi connectivity index (χ2n) is 4.02. The van der Waals surface area contributed by atoms with Crippen molar-refractivity contribution in [3.05, 3.63) is 0 Å². The largest absolute Gasteiger partial charge is 0.327 e. The fourth-order valence-corrected chi connectivity index (χ4v) is 2.76. The van der Waals surface area contributed by atoms with Crippen LogP contribution < -0.4 is 11.1 Å². The van der Waals surface area contributed by atoms with Crippen molar-refractivity contribution in [1.29, 1.82) is 0 Å². The summed E-state index contributed by atoms with van der Waals surface area (Å²) in [5.41, 5.74) is 6.07. The molecule has 0 aromatic rings. The Kier molecular flexibility index (Phi) is 1.90. The number of nitrogens with one attached hydrogen (secondary N) is 1. The van der Waals surface area contributed by atoms with Crippen LogP contribution in [0, 0.1) is 5.92 Å². The Labute approximate surface area is 68.5 Å². The molecule has 2 saturated heterocycles. The van der Waals surface area contributed by atoms with Gasteiger partial charge >= 0.3 is 0 Å². The fourth-order valence-electron chi connectivity index (χ4n) is 2.76. The third-order valence-electron chi connectivity index (χ3n) is 3.37. The minimum absolute atomic E-state index is 0.471. The molecular weight excluding hydrogens is 136 g/mol. The van der Waals surface area contributed by atoms with Gasteiger partial charge in [-0.05, 0) is 25.2 Å². The quantitative estimate of drug-likeness (QED) is 0.588. The van der Waals surface area contributed by atoms with E-state index in [1.807, 2.05) is 0 Å². The standard InChI is InChI=1S/C9H18N2/c1-2-7-8(10)5-6-3-4-9(7)11-6/h6-9,11H,2-5,10H2,1H3. The molecule has 64 valence electrons. The Balaban J connectivity index is 2.07. The van der Waals surface area contributed by atoms with Crippen molar-refractivity contribution in [2.24, 2.45) is 11.7 Å². The zero-order valence-corrected chi connectivity index (χ0v) is 7.22. The van der Waals surface area contributed by atoms with Crippen LogP contribution in [-0.4, -0.2) is 18.1 Å². The summed E-state index contributed by atoms with van der Waals surface area (Å²) in [6.07, 6.45) is 5.16. The predicted octanol–water partition coefficient (Wildman–Crippen LogP) is 0.864. The first-order valence-electron chi connectivity index (χ1n) is 4.83. The summed E-state index contributed by atoms with van der Waals surface area (Å²) in [5, 5.41) is 3.64. The van der Waals surface area contributed by atoms with E-state index in [2.05, 4.69) is 12.2 Å². The van der Waals surface area contributed by atoms with Gasteiger partial charge in [-0.1, -0.05) is 13.3 Å². The minimum Gasteiger partial charge on any atom is -0.327 e. The van der Waals surface area contributed by atoms with E-state index < -0.39 is 0 Å². The highest BCUT2D eigenvalue weighted by atomic mass is 15.0. The highest BCUT2D eigenvalue weighted by molar-refractivity contribution is 4.98. The van der Waals surface area contributed by atoms with Gasteiger partial charge in [-0.3, -0.25) is 0 Å². The van der Waals surface area contributed by atoms with Gasteiger partial charge in [0.05, 0.1) is 0 Å². The third kappa shape index (κ3) is 1.18. The van der Waals surface area contributed by atoms with Crippen LogP contribution in [0.1, 0.15) is 32.6 Å². The monoisotopic (exact) mass is 154 g/mol. The van der Waals surface area contributed by atoms with Crippen LogP contribution in [0.2, 0.25) is 0 Å². The molecule has 0 aliphatic carbocycles. The van der Waals surface area contributed by atoms with Crippen LogP contribution in [0.5, 0.6) is 0 Å². The van der Waals surface area contributed by atoms with E-state index >= 15 is 0 Å². The van der Waals surface area contributed by atoms with Crippen molar-refractivity contribution in [3.63, 3.8) is 0 Å². The van der Waals surface area contributed by atoms with Gasteiger partial charge in [0.25, 0.3) is 0 Å². The topological polar surface area (TPSA) is 38.0 Å². The van der Waals surface area contributed by atoms with E-state index in [-0.39, 0.29) is 0 Å². The number of hydrogen-bond acceptors (Lipinski definition) is 2. The summed E-state index contributed by atoms with van der Waals surface area (Å²) in [6.45, 7) is 2.25. The normalized spacial score (nSPS) is 49.6. The summed E-state index contributed by atoms with van der Waals surface area (Å²) in [6, 6.07) is 1.96. The maximum absolute atomic E-state index is 6.07. The second-order valence-corrected chi connectivity index (χ2v) is 4.02. The molecule has 2 bridgehead atoms. The Morgan fingerprint density at radius 1 is 1.45 bits per heavy atom. The van der Waals surface area contributed by atoms with E-state index in [0.717, 1.165) is 18.0 Å². The van der Waals surface area contributed by atoms with E-state index in [1.54, 1.807) is 0 Å². The van der Waals surface area contributed by atoms with Crippen molar-refractivity contribution in [3.8, 4) is 0 Å². The molecule has 0 aromatic carbocycles. The predicted molar refractivity (Wildman–Crippen MR) is 46.3 cm³/mol. The summed E-state index contributed by atoms with van der Waals surface area (Å²) in [7, 11) is 0. The molecule has 2 aliphatic heterocycles. The molecule has 2 rings (SSSR count). The Morgan fingerprint density at radius 2 is 2.27 bits per heavy atom. The first kappa shape index (κ1) is 7.56. The lowest BCUT2D eigenvalue weighted by atomic mass is 9.86. The van der Waals surface area contributed by atoms with Gasteiger partial charge in [0.1, 0.15) is 0 Å². The van der Waals surface area contributed by atoms with Gasteiger partial charge in [0.2, 0.25) is 0 Å². The maximum Gasteiger partial charge on any atom is 0.0113 e. The summed E-state index contributed by atoms with van der Waals surface area (Å²) in [4.78, 5) is 0.